The summed E-state index contributed by atoms with van der Waals surface area (Å²) in [6.45, 7) is 8.86. The van der Waals surface area contributed by atoms with Gasteiger partial charge in [0, 0.05) is 25.3 Å². The number of nitrogens with zero attached hydrogens (tertiary/aromatic N) is 2. The van der Waals surface area contributed by atoms with E-state index in [1.165, 1.54) is 18.4 Å². The summed E-state index contributed by atoms with van der Waals surface area (Å²) in [5, 5.41) is 3.37. The fourth-order valence-electron chi connectivity index (χ4n) is 2.44. The highest BCUT2D eigenvalue weighted by atomic mass is 15.2. The van der Waals surface area contributed by atoms with Crippen molar-refractivity contribution in [2.75, 3.05) is 25.0 Å². The number of hydrogen-bond donors (Lipinski definition) is 1. The van der Waals surface area contributed by atoms with Crippen molar-refractivity contribution in [3.63, 3.8) is 0 Å². The minimum Gasteiger partial charge on any atom is -0.355 e. The average Bonchev–Trinajstić information content (AvgIpc) is 2.38. The molecule has 1 atom stereocenters. The van der Waals surface area contributed by atoms with Crippen LogP contribution in [0.15, 0.2) is 18.3 Å². The zero-order chi connectivity index (χ0) is 13.2. The van der Waals surface area contributed by atoms with E-state index in [2.05, 4.69) is 48.1 Å². The number of anilines is 1. The first-order valence-corrected chi connectivity index (χ1v) is 6.89. The third-order valence-corrected chi connectivity index (χ3v) is 3.77. The van der Waals surface area contributed by atoms with Gasteiger partial charge in [0.25, 0.3) is 0 Å². The molecule has 1 aliphatic heterocycles. The van der Waals surface area contributed by atoms with Crippen LogP contribution in [-0.4, -0.2) is 31.2 Å². The Balaban J connectivity index is 2.09. The molecule has 1 saturated heterocycles. The predicted molar refractivity (Wildman–Crippen MR) is 77.2 cm³/mol. The van der Waals surface area contributed by atoms with Crippen molar-refractivity contribution >= 4 is 5.82 Å². The standard InChI is InChI=1S/C15H25N3/c1-15(2,3)12-7-8-14(17-10-12)18-9-5-6-13(11-18)16-4/h7-8,10,13,16H,5-6,9,11H2,1-4H3. The summed E-state index contributed by atoms with van der Waals surface area (Å²) in [4.78, 5) is 7.02. The molecule has 1 N–H and O–H groups in total. The van der Waals surface area contributed by atoms with Crippen LogP contribution >= 0.6 is 0 Å². The minimum atomic E-state index is 0.181. The molecule has 1 fully saturated rings. The third kappa shape index (κ3) is 3.02. The highest BCUT2D eigenvalue weighted by Crippen LogP contribution is 2.24. The molecule has 0 radical (unpaired) electrons. The molecule has 0 bridgehead atoms. The number of rotatable bonds is 2. The zero-order valence-electron chi connectivity index (χ0n) is 12.0. The molecule has 3 nitrogen and oxygen atoms in total. The molecule has 0 aliphatic carbocycles. The van der Waals surface area contributed by atoms with Crippen molar-refractivity contribution in [1.29, 1.82) is 0 Å². The molecule has 0 spiro atoms. The molecule has 18 heavy (non-hydrogen) atoms. The molecule has 2 heterocycles. The summed E-state index contributed by atoms with van der Waals surface area (Å²) in [6, 6.07) is 4.98. The second-order valence-electron chi connectivity index (χ2n) is 6.23. The van der Waals surface area contributed by atoms with Gasteiger partial charge in [-0.15, -0.1) is 0 Å². The number of likely N-dealkylation sites (N-methyl/N-ethyl adjacent to an activating group) is 1. The maximum atomic E-state index is 4.64. The molecule has 1 aliphatic rings. The van der Waals surface area contributed by atoms with E-state index in [1.54, 1.807) is 0 Å². The van der Waals surface area contributed by atoms with Crippen LogP contribution in [0.5, 0.6) is 0 Å². The molecule has 1 unspecified atom stereocenters. The molecule has 3 heteroatoms. The van der Waals surface area contributed by atoms with Crippen LogP contribution in [0.25, 0.3) is 0 Å². The predicted octanol–water partition coefficient (Wildman–Crippen LogP) is 2.57. The van der Waals surface area contributed by atoms with Crippen molar-refractivity contribution < 1.29 is 0 Å². The van der Waals surface area contributed by atoms with Crippen molar-refractivity contribution in [1.82, 2.24) is 10.3 Å². The Bertz CT molecular complexity index is 378. The van der Waals surface area contributed by atoms with Crippen molar-refractivity contribution in [2.45, 2.75) is 45.1 Å². The van der Waals surface area contributed by atoms with Crippen LogP contribution in [0.2, 0.25) is 0 Å². The third-order valence-electron chi connectivity index (χ3n) is 3.77. The Labute approximate surface area is 111 Å². The van der Waals surface area contributed by atoms with E-state index < -0.39 is 0 Å². The first kappa shape index (κ1) is 13.3. The molecule has 0 amide bonds. The Morgan fingerprint density at radius 3 is 2.67 bits per heavy atom. The van der Waals surface area contributed by atoms with Gasteiger partial charge in [0.05, 0.1) is 0 Å². The average molecular weight is 247 g/mol. The molecule has 0 saturated carbocycles. The van der Waals surface area contributed by atoms with Gasteiger partial charge in [0.2, 0.25) is 0 Å². The number of aromatic nitrogens is 1. The van der Waals surface area contributed by atoms with E-state index in [4.69, 9.17) is 0 Å². The summed E-state index contributed by atoms with van der Waals surface area (Å²) in [5.41, 5.74) is 1.48. The van der Waals surface area contributed by atoms with E-state index in [1.807, 2.05) is 13.2 Å². The largest absolute Gasteiger partial charge is 0.355 e. The second-order valence-corrected chi connectivity index (χ2v) is 6.23. The van der Waals surface area contributed by atoms with Crippen LogP contribution in [0.3, 0.4) is 0 Å². The molecular weight excluding hydrogens is 222 g/mol. The summed E-state index contributed by atoms with van der Waals surface area (Å²) < 4.78 is 0. The van der Waals surface area contributed by atoms with Gasteiger partial charge in [-0.1, -0.05) is 26.8 Å². The summed E-state index contributed by atoms with van der Waals surface area (Å²) in [7, 11) is 2.05. The quantitative estimate of drug-likeness (QED) is 0.870. The Morgan fingerprint density at radius 2 is 2.11 bits per heavy atom. The zero-order valence-corrected chi connectivity index (χ0v) is 12.0. The van der Waals surface area contributed by atoms with E-state index in [9.17, 15) is 0 Å². The van der Waals surface area contributed by atoms with Crippen LogP contribution in [0.1, 0.15) is 39.2 Å². The highest BCUT2D eigenvalue weighted by molar-refractivity contribution is 5.41. The molecule has 0 aromatic carbocycles. The van der Waals surface area contributed by atoms with Crippen LogP contribution in [-0.2, 0) is 5.41 Å². The Kier molecular flexibility index (Phi) is 3.91. The van der Waals surface area contributed by atoms with E-state index in [0.717, 1.165) is 18.9 Å². The Morgan fingerprint density at radius 1 is 1.33 bits per heavy atom. The van der Waals surface area contributed by atoms with Crippen molar-refractivity contribution in [3.05, 3.63) is 23.9 Å². The van der Waals surface area contributed by atoms with Crippen molar-refractivity contribution in [2.24, 2.45) is 0 Å². The molecule has 2 rings (SSSR count). The van der Waals surface area contributed by atoms with Gasteiger partial charge in [0.1, 0.15) is 5.82 Å². The summed E-state index contributed by atoms with van der Waals surface area (Å²) in [6.07, 6.45) is 4.54. The lowest BCUT2D eigenvalue weighted by atomic mass is 9.88. The second kappa shape index (κ2) is 5.27. The lowest BCUT2D eigenvalue weighted by Gasteiger charge is -2.33. The van der Waals surface area contributed by atoms with Gasteiger partial charge in [-0.2, -0.15) is 0 Å². The lowest BCUT2D eigenvalue weighted by molar-refractivity contribution is 0.447. The summed E-state index contributed by atoms with van der Waals surface area (Å²) in [5.74, 6) is 1.11. The highest BCUT2D eigenvalue weighted by Gasteiger charge is 2.20. The van der Waals surface area contributed by atoms with Crippen LogP contribution in [0, 0.1) is 0 Å². The van der Waals surface area contributed by atoms with E-state index in [-0.39, 0.29) is 5.41 Å². The van der Waals surface area contributed by atoms with Gasteiger partial charge >= 0.3 is 0 Å². The minimum absolute atomic E-state index is 0.181. The normalized spacial score (nSPS) is 21.1. The number of hydrogen-bond acceptors (Lipinski definition) is 3. The maximum absolute atomic E-state index is 4.64. The summed E-state index contributed by atoms with van der Waals surface area (Å²) >= 11 is 0. The van der Waals surface area contributed by atoms with Crippen molar-refractivity contribution in [3.8, 4) is 0 Å². The molecular formula is C15H25N3. The van der Waals surface area contributed by atoms with Crippen LogP contribution in [0.4, 0.5) is 5.82 Å². The monoisotopic (exact) mass is 247 g/mol. The first-order chi connectivity index (χ1) is 8.50. The van der Waals surface area contributed by atoms with E-state index >= 15 is 0 Å². The fraction of sp³-hybridized carbons (Fsp3) is 0.667. The number of piperidine rings is 1. The van der Waals surface area contributed by atoms with Crippen LogP contribution < -0.4 is 10.2 Å². The molecule has 1 aromatic heterocycles. The maximum Gasteiger partial charge on any atom is 0.128 e. The molecule has 1 aromatic rings. The Hall–Kier alpha value is -1.09. The number of pyridine rings is 1. The lowest BCUT2D eigenvalue weighted by Crippen LogP contribution is -2.44. The number of nitrogens with one attached hydrogen (secondary N) is 1. The first-order valence-electron chi connectivity index (χ1n) is 6.89. The SMILES string of the molecule is CNC1CCCN(c2ccc(C(C)(C)C)cn2)C1. The topological polar surface area (TPSA) is 28.2 Å². The molecule has 100 valence electrons. The van der Waals surface area contributed by atoms with Gasteiger partial charge in [0.15, 0.2) is 0 Å². The van der Waals surface area contributed by atoms with E-state index in [0.29, 0.717) is 6.04 Å². The van der Waals surface area contributed by atoms with Gasteiger partial charge in [-0.25, -0.2) is 4.98 Å². The van der Waals surface area contributed by atoms with Gasteiger partial charge in [-0.05, 0) is 36.9 Å². The smallest absolute Gasteiger partial charge is 0.128 e. The fourth-order valence-corrected chi connectivity index (χ4v) is 2.44. The van der Waals surface area contributed by atoms with Gasteiger partial charge < -0.3 is 10.2 Å². The van der Waals surface area contributed by atoms with Gasteiger partial charge in [-0.3, -0.25) is 0 Å².